The summed E-state index contributed by atoms with van der Waals surface area (Å²) in [7, 11) is 0. The summed E-state index contributed by atoms with van der Waals surface area (Å²) in [6.45, 7) is 6.54. The van der Waals surface area contributed by atoms with Gasteiger partial charge < -0.3 is 5.73 Å². The fourth-order valence-corrected chi connectivity index (χ4v) is 4.19. The van der Waals surface area contributed by atoms with Crippen molar-refractivity contribution in [1.29, 1.82) is 0 Å². The predicted octanol–water partition coefficient (Wildman–Crippen LogP) is 1.94. The second kappa shape index (κ2) is 5.50. The van der Waals surface area contributed by atoms with Crippen molar-refractivity contribution in [2.45, 2.75) is 12.6 Å². The molecule has 21 heavy (non-hydrogen) atoms. The second-order valence-corrected chi connectivity index (χ2v) is 6.71. The van der Waals surface area contributed by atoms with Gasteiger partial charge in [0.1, 0.15) is 5.01 Å². The molecule has 0 radical (unpaired) electrons. The van der Waals surface area contributed by atoms with Crippen LogP contribution >= 0.6 is 11.3 Å². The van der Waals surface area contributed by atoms with Gasteiger partial charge in [0.15, 0.2) is 0 Å². The number of nitrogens with zero attached hydrogens (tertiary/aromatic N) is 3. The average Bonchev–Trinajstić information content (AvgIpc) is 3.06. The van der Waals surface area contributed by atoms with E-state index in [9.17, 15) is 0 Å². The van der Waals surface area contributed by atoms with Gasteiger partial charge in [0.2, 0.25) is 0 Å². The highest BCUT2D eigenvalue weighted by molar-refractivity contribution is 7.10. The molecule has 0 saturated carbocycles. The van der Waals surface area contributed by atoms with Gasteiger partial charge in [-0.05, 0) is 5.56 Å². The van der Waals surface area contributed by atoms with Gasteiger partial charge >= 0.3 is 0 Å². The molecule has 2 N–H and O–H groups in total. The first kappa shape index (κ1) is 13.4. The molecule has 5 heteroatoms. The third-order valence-electron chi connectivity index (χ3n) is 4.57. The van der Waals surface area contributed by atoms with Crippen LogP contribution in [0.1, 0.15) is 16.6 Å². The largest absolute Gasteiger partial charge is 0.326 e. The molecule has 3 aliphatic heterocycles. The number of hydrogen-bond donors (Lipinski definition) is 1. The van der Waals surface area contributed by atoms with Crippen molar-refractivity contribution in [3.8, 4) is 11.3 Å². The molecule has 0 aliphatic carbocycles. The number of rotatable bonds is 3. The van der Waals surface area contributed by atoms with Crippen LogP contribution in [0.2, 0.25) is 0 Å². The lowest BCUT2D eigenvalue weighted by Gasteiger charge is -2.46. The molecule has 3 aliphatic rings. The molecule has 0 spiro atoms. The Kier molecular flexibility index (Phi) is 3.51. The molecule has 110 valence electrons. The van der Waals surface area contributed by atoms with Crippen LogP contribution in [0.4, 0.5) is 0 Å². The van der Waals surface area contributed by atoms with Crippen molar-refractivity contribution in [2.24, 2.45) is 5.73 Å². The van der Waals surface area contributed by atoms with E-state index in [4.69, 9.17) is 10.7 Å². The smallest absolute Gasteiger partial charge is 0.112 e. The highest BCUT2D eigenvalue weighted by Gasteiger charge is 2.34. The van der Waals surface area contributed by atoms with Crippen LogP contribution in [-0.2, 0) is 6.54 Å². The van der Waals surface area contributed by atoms with E-state index in [1.807, 2.05) is 0 Å². The summed E-state index contributed by atoms with van der Waals surface area (Å²) in [5, 5.41) is 3.45. The Hall–Kier alpha value is -1.27. The van der Waals surface area contributed by atoms with Gasteiger partial charge in [-0.1, -0.05) is 24.3 Å². The van der Waals surface area contributed by atoms with Crippen molar-refractivity contribution in [2.75, 3.05) is 32.7 Å². The maximum absolute atomic E-state index is 5.65. The molecular weight excluding hydrogens is 280 g/mol. The van der Waals surface area contributed by atoms with E-state index in [1.54, 1.807) is 11.3 Å². The first-order chi connectivity index (χ1) is 10.3. The summed E-state index contributed by atoms with van der Waals surface area (Å²) in [5.74, 6) is 0. The van der Waals surface area contributed by atoms with Crippen molar-refractivity contribution < 1.29 is 0 Å². The second-order valence-electron chi connectivity index (χ2n) is 5.82. The zero-order valence-electron chi connectivity index (χ0n) is 12.0. The number of nitrogens with two attached hydrogens (primary N) is 1. The summed E-state index contributed by atoms with van der Waals surface area (Å²) in [6, 6.07) is 8.92. The number of piperazine rings is 3. The summed E-state index contributed by atoms with van der Waals surface area (Å²) in [5.41, 5.74) is 9.10. The molecule has 2 bridgehead atoms. The van der Waals surface area contributed by atoms with Crippen LogP contribution < -0.4 is 5.73 Å². The predicted molar refractivity (Wildman–Crippen MR) is 86.2 cm³/mol. The third kappa shape index (κ3) is 2.51. The molecule has 0 amide bonds. The molecule has 3 saturated heterocycles. The molecule has 4 nitrogen and oxygen atoms in total. The Morgan fingerprint density at radius 3 is 2.52 bits per heavy atom. The number of hydrogen-bond acceptors (Lipinski definition) is 5. The van der Waals surface area contributed by atoms with Crippen LogP contribution in [0.3, 0.4) is 0 Å². The first-order valence-electron chi connectivity index (χ1n) is 7.55. The Morgan fingerprint density at radius 1 is 1.14 bits per heavy atom. The van der Waals surface area contributed by atoms with Crippen molar-refractivity contribution in [3.05, 3.63) is 40.2 Å². The van der Waals surface area contributed by atoms with Crippen LogP contribution in [0.5, 0.6) is 0 Å². The van der Waals surface area contributed by atoms with Gasteiger partial charge in [0, 0.05) is 50.2 Å². The topological polar surface area (TPSA) is 45.4 Å². The van der Waals surface area contributed by atoms with Gasteiger partial charge in [0.25, 0.3) is 0 Å². The van der Waals surface area contributed by atoms with Crippen LogP contribution in [0.15, 0.2) is 29.6 Å². The molecule has 3 fully saturated rings. The molecule has 4 heterocycles. The summed E-state index contributed by atoms with van der Waals surface area (Å²) in [4.78, 5) is 10.0. The summed E-state index contributed by atoms with van der Waals surface area (Å²) in [6.07, 6.45) is 0. The van der Waals surface area contributed by atoms with E-state index in [1.165, 1.54) is 36.8 Å². The van der Waals surface area contributed by atoms with Crippen LogP contribution in [-0.4, -0.2) is 47.5 Å². The van der Waals surface area contributed by atoms with Crippen LogP contribution in [0, 0.1) is 0 Å². The SMILES string of the molecule is NCc1ccc(-c2csc(C3CN4CCN3CC4)n2)cc1. The summed E-state index contributed by atoms with van der Waals surface area (Å²) >= 11 is 1.80. The fourth-order valence-electron chi connectivity index (χ4n) is 3.24. The number of fused-ring (bicyclic) bond motifs is 3. The molecular formula is C16H20N4S. The van der Waals surface area contributed by atoms with E-state index >= 15 is 0 Å². The zero-order chi connectivity index (χ0) is 14.2. The molecule has 1 aromatic carbocycles. The zero-order valence-corrected chi connectivity index (χ0v) is 12.9. The maximum atomic E-state index is 5.65. The fraction of sp³-hybridized carbons (Fsp3) is 0.438. The normalized spacial score (nSPS) is 28.0. The van der Waals surface area contributed by atoms with E-state index in [2.05, 4.69) is 39.4 Å². The van der Waals surface area contributed by atoms with Gasteiger partial charge in [-0.25, -0.2) is 4.98 Å². The Balaban J connectivity index is 1.57. The van der Waals surface area contributed by atoms with Gasteiger partial charge in [0.05, 0.1) is 11.7 Å². The standard InChI is InChI=1S/C16H20N4S/c17-9-12-1-3-13(4-2-12)14-11-21-16(18-14)15-10-19-5-7-20(15)8-6-19/h1-4,11,15H,5-10,17H2. The van der Waals surface area contributed by atoms with E-state index < -0.39 is 0 Å². The minimum atomic E-state index is 0.495. The third-order valence-corrected chi connectivity index (χ3v) is 5.52. The monoisotopic (exact) mass is 300 g/mol. The van der Waals surface area contributed by atoms with Gasteiger partial charge in [-0.15, -0.1) is 11.3 Å². The molecule has 1 unspecified atom stereocenters. The lowest BCUT2D eigenvalue weighted by molar-refractivity contribution is 0.0123. The minimum absolute atomic E-state index is 0.495. The van der Waals surface area contributed by atoms with E-state index in [0.717, 1.165) is 17.8 Å². The first-order valence-corrected chi connectivity index (χ1v) is 8.42. The quantitative estimate of drug-likeness (QED) is 0.941. The Labute approximate surface area is 129 Å². The number of aromatic nitrogens is 1. The molecule has 1 aromatic heterocycles. The van der Waals surface area contributed by atoms with Gasteiger partial charge in [-0.3, -0.25) is 9.80 Å². The minimum Gasteiger partial charge on any atom is -0.326 e. The van der Waals surface area contributed by atoms with Crippen molar-refractivity contribution in [3.63, 3.8) is 0 Å². The highest BCUT2D eigenvalue weighted by atomic mass is 32.1. The molecule has 2 aromatic rings. The van der Waals surface area contributed by atoms with Crippen molar-refractivity contribution >= 4 is 11.3 Å². The van der Waals surface area contributed by atoms with Crippen molar-refractivity contribution in [1.82, 2.24) is 14.8 Å². The number of benzene rings is 1. The maximum Gasteiger partial charge on any atom is 0.112 e. The summed E-state index contributed by atoms with van der Waals surface area (Å²) < 4.78 is 0. The van der Waals surface area contributed by atoms with E-state index in [0.29, 0.717) is 12.6 Å². The lowest BCUT2D eigenvalue weighted by Crippen LogP contribution is -2.56. The lowest BCUT2D eigenvalue weighted by atomic mass is 10.1. The average molecular weight is 300 g/mol. The Bertz CT molecular complexity index is 613. The van der Waals surface area contributed by atoms with Gasteiger partial charge in [-0.2, -0.15) is 0 Å². The number of thiazole rings is 1. The van der Waals surface area contributed by atoms with E-state index in [-0.39, 0.29) is 0 Å². The molecule has 5 rings (SSSR count). The van der Waals surface area contributed by atoms with Crippen LogP contribution in [0.25, 0.3) is 11.3 Å². The molecule has 1 atom stereocenters. The highest BCUT2D eigenvalue weighted by Crippen LogP contribution is 2.33. The Morgan fingerprint density at radius 2 is 1.90 bits per heavy atom.